The molecule has 94 valence electrons. The summed E-state index contributed by atoms with van der Waals surface area (Å²) in [6, 6.07) is 5.62. The van der Waals surface area contributed by atoms with Gasteiger partial charge in [0, 0.05) is 0 Å². The first-order valence-electron chi connectivity index (χ1n) is 5.87. The molecule has 0 heterocycles. The molecular weight excluding hydrogens is 214 g/mol. The smallest absolute Gasteiger partial charge is 0.238 e. The zero-order valence-electron chi connectivity index (χ0n) is 10.8. The Hall–Kier alpha value is -1.55. The van der Waals surface area contributed by atoms with Crippen molar-refractivity contribution in [1.82, 2.24) is 4.90 Å². The van der Waals surface area contributed by atoms with Gasteiger partial charge in [-0.25, -0.2) is 0 Å². The van der Waals surface area contributed by atoms with Crippen LogP contribution in [0.25, 0.3) is 0 Å². The van der Waals surface area contributed by atoms with E-state index in [1.165, 1.54) is 0 Å². The molecule has 0 atom stereocenters. The maximum atomic E-state index is 11.7. The van der Waals surface area contributed by atoms with Gasteiger partial charge < -0.3 is 11.1 Å². The number of aryl methyl sites for hydroxylation is 1. The van der Waals surface area contributed by atoms with Crippen molar-refractivity contribution in [3.8, 4) is 0 Å². The van der Waals surface area contributed by atoms with Crippen LogP contribution in [-0.2, 0) is 4.79 Å². The second-order valence-electron chi connectivity index (χ2n) is 4.38. The summed E-state index contributed by atoms with van der Waals surface area (Å²) in [5.74, 6) is -0.0310. The van der Waals surface area contributed by atoms with E-state index >= 15 is 0 Å². The Morgan fingerprint density at radius 2 is 2.18 bits per heavy atom. The molecule has 0 bridgehead atoms. The number of amides is 1. The van der Waals surface area contributed by atoms with Crippen LogP contribution in [0.3, 0.4) is 0 Å². The van der Waals surface area contributed by atoms with E-state index in [2.05, 4.69) is 12.2 Å². The fourth-order valence-electron chi connectivity index (χ4n) is 1.69. The quantitative estimate of drug-likeness (QED) is 0.766. The van der Waals surface area contributed by atoms with Crippen LogP contribution in [0, 0.1) is 6.92 Å². The first-order valence-corrected chi connectivity index (χ1v) is 5.87. The SMILES string of the molecule is CCCN(C)CC(=O)Nc1ccc(C)cc1N. The summed E-state index contributed by atoms with van der Waals surface area (Å²) in [4.78, 5) is 13.7. The van der Waals surface area contributed by atoms with Gasteiger partial charge in [-0.15, -0.1) is 0 Å². The van der Waals surface area contributed by atoms with Gasteiger partial charge in [0.2, 0.25) is 5.91 Å². The molecule has 1 aromatic rings. The molecule has 0 unspecified atom stereocenters. The van der Waals surface area contributed by atoms with E-state index in [-0.39, 0.29) is 5.91 Å². The molecule has 1 rings (SSSR count). The molecule has 0 aliphatic rings. The van der Waals surface area contributed by atoms with Crippen LogP contribution < -0.4 is 11.1 Å². The number of anilines is 2. The van der Waals surface area contributed by atoms with E-state index in [0.29, 0.717) is 17.9 Å². The first-order chi connectivity index (χ1) is 8.02. The normalized spacial score (nSPS) is 10.6. The van der Waals surface area contributed by atoms with Gasteiger partial charge in [-0.05, 0) is 44.6 Å². The molecule has 0 aromatic heterocycles. The monoisotopic (exact) mass is 235 g/mol. The van der Waals surface area contributed by atoms with E-state index in [1.807, 2.05) is 37.1 Å². The van der Waals surface area contributed by atoms with Crippen LogP contribution in [0.4, 0.5) is 11.4 Å². The third kappa shape index (κ3) is 4.44. The molecular formula is C13H21N3O. The second kappa shape index (κ2) is 6.25. The van der Waals surface area contributed by atoms with Crippen LogP contribution >= 0.6 is 0 Å². The van der Waals surface area contributed by atoms with Crippen molar-refractivity contribution in [2.24, 2.45) is 0 Å². The predicted octanol–water partition coefficient (Wildman–Crippen LogP) is 1.86. The Kier molecular flexibility index (Phi) is 4.97. The number of nitrogens with one attached hydrogen (secondary N) is 1. The third-order valence-electron chi connectivity index (χ3n) is 2.50. The number of rotatable bonds is 5. The molecule has 1 aromatic carbocycles. The van der Waals surface area contributed by atoms with E-state index in [4.69, 9.17) is 5.73 Å². The average molecular weight is 235 g/mol. The molecule has 4 heteroatoms. The molecule has 4 nitrogen and oxygen atoms in total. The number of hydrogen-bond acceptors (Lipinski definition) is 3. The van der Waals surface area contributed by atoms with Crippen molar-refractivity contribution in [3.05, 3.63) is 23.8 Å². The largest absolute Gasteiger partial charge is 0.397 e. The standard InChI is InChI=1S/C13H21N3O/c1-4-7-16(3)9-13(17)15-12-6-5-10(2)8-11(12)14/h5-6,8H,4,7,9,14H2,1-3H3,(H,15,17). The van der Waals surface area contributed by atoms with Crippen molar-refractivity contribution in [1.29, 1.82) is 0 Å². The minimum atomic E-state index is -0.0310. The Bertz CT molecular complexity index is 390. The van der Waals surface area contributed by atoms with Gasteiger partial charge in [0.05, 0.1) is 17.9 Å². The number of hydrogen-bond donors (Lipinski definition) is 2. The number of nitrogen functional groups attached to an aromatic ring is 1. The topological polar surface area (TPSA) is 58.4 Å². The van der Waals surface area contributed by atoms with Crippen LogP contribution in [-0.4, -0.2) is 30.9 Å². The lowest BCUT2D eigenvalue weighted by Crippen LogP contribution is -2.30. The van der Waals surface area contributed by atoms with E-state index in [9.17, 15) is 4.79 Å². The molecule has 0 spiro atoms. The van der Waals surface area contributed by atoms with Crippen LogP contribution in [0.1, 0.15) is 18.9 Å². The van der Waals surface area contributed by atoms with Gasteiger partial charge in [0.15, 0.2) is 0 Å². The summed E-state index contributed by atoms with van der Waals surface area (Å²) < 4.78 is 0. The zero-order chi connectivity index (χ0) is 12.8. The van der Waals surface area contributed by atoms with Crippen LogP contribution in [0.15, 0.2) is 18.2 Å². The van der Waals surface area contributed by atoms with Gasteiger partial charge in [-0.3, -0.25) is 9.69 Å². The molecule has 0 saturated carbocycles. The zero-order valence-corrected chi connectivity index (χ0v) is 10.8. The summed E-state index contributed by atoms with van der Waals surface area (Å²) in [6.07, 6.45) is 1.04. The van der Waals surface area contributed by atoms with Crippen molar-refractivity contribution >= 4 is 17.3 Å². The lowest BCUT2D eigenvalue weighted by atomic mass is 10.2. The van der Waals surface area contributed by atoms with Crippen LogP contribution in [0.5, 0.6) is 0 Å². The summed E-state index contributed by atoms with van der Waals surface area (Å²) >= 11 is 0. The number of carbonyl (C=O) groups excluding carboxylic acids is 1. The van der Waals surface area contributed by atoms with Gasteiger partial charge in [0.1, 0.15) is 0 Å². The Labute approximate surface area is 103 Å². The van der Waals surface area contributed by atoms with Crippen LogP contribution in [0.2, 0.25) is 0 Å². The van der Waals surface area contributed by atoms with Crippen molar-refractivity contribution < 1.29 is 4.79 Å². The minimum absolute atomic E-state index is 0.0310. The molecule has 0 aliphatic carbocycles. The van der Waals surface area contributed by atoms with Crippen molar-refractivity contribution in [2.75, 3.05) is 31.2 Å². The summed E-state index contributed by atoms with van der Waals surface area (Å²) in [7, 11) is 1.93. The first kappa shape index (κ1) is 13.5. The molecule has 0 aliphatic heterocycles. The summed E-state index contributed by atoms with van der Waals surface area (Å²) in [5.41, 5.74) is 8.21. The molecule has 0 saturated heterocycles. The Morgan fingerprint density at radius 1 is 1.47 bits per heavy atom. The molecule has 3 N–H and O–H groups in total. The highest BCUT2D eigenvalue weighted by Crippen LogP contribution is 2.19. The molecule has 0 fully saturated rings. The van der Waals surface area contributed by atoms with E-state index in [0.717, 1.165) is 18.5 Å². The molecule has 0 radical (unpaired) electrons. The lowest BCUT2D eigenvalue weighted by molar-refractivity contribution is -0.117. The van der Waals surface area contributed by atoms with E-state index < -0.39 is 0 Å². The third-order valence-corrected chi connectivity index (χ3v) is 2.50. The van der Waals surface area contributed by atoms with Gasteiger partial charge in [-0.2, -0.15) is 0 Å². The number of carbonyl (C=O) groups is 1. The van der Waals surface area contributed by atoms with Gasteiger partial charge in [-0.1, -0.05) is 13.0 Å². The summed E-state index contributed by atoms with van der Waals surface area (Å²) in [6.45, 7) is 5.36. The van der Waals surface area contributed by atoms with E-state index in [1.54, 1.807) is 0 Å². The minimum Gasteiger partial charge on any atom is -0.397 e. The summed E-state index contributed by atoms with van der Waals surface area (Å²) in [5, 5.41) is 2.82. The number of likely N-dealkylation sites (N-methyl/N-ethyl adjacent to an activating group) is 1. The lowest BCUT2D eigenvalue weighted by Gasteiger charge is -2.15. The Balaban J connectivity index is 2.56. The highest BCUT2D eigenvalue weighted by Gasteiger charge is 2.07. The maximum Gasteiger partial charge on any atom is 0.238 e. The van der Waals surface area contributed by atoms with Crippen molar-refractivity contribution in [3.63, 3.8) is 0 Å². The number of nitrogens with zero attached hydrogens (tertiary/aromatic N) is 1. The fraction of sp³-hybridized carbons (Fsp3) is 0.462. The van der Waals surface area contributed by atoms with Crippen molar-refractivity contribution in [2.45, 2.75) is 20.3 Å². The number of benzene rings is 1. The van der Waals surface area contributed by atoms with Gasteiger partial charge in [0.25, 0.3) is 0 Å². The Morgan fingerprint density at radius 3 is 2.76 bits per heavy atom. The highest BCUT2D eigenvalue weighted by molar-refractivity contribution is 5.95. The maximum absolute atomic E-state index is 11.7. The number of nitrogens with two attached hydrogens (primary N) is 1. The fourth-order valence-corrected chi connectivity index (χ4v) is 1.69. The van der Waals surface area contributed by atoms with Gasteiger partial charge >= 0.3 is 0 Å². The molecule has 1 amide bonds. The highest BCUT2D eigenvalue weighted by atomic mass is 16.2. The predicted molar refractivity (Wildman–Crippen MR) is 72.0 cm³/mol. The molecule has 17 heavy (non-hydrogen) atoms. The second-order valence-corrected chi connectivity index (χ2v) is 4.38. The average Bonchev–Trinajstić information content (AvgIpc) is 2.22.